The van der Waals surface area contributed by atoms with Gasteiger partial charge in [-0.25, -0.2) is 9.67 Å². The summed E-state index contributed by atoms with van der Waals surface area (Å²) >= 11 is 1.69. The van der Waals surface area contributed by atoms with Crippen molar-refractivity contribution in [1.82, 2.24) is 20.1 Å². The van der Waals surface area contributed by atoms with E-state index in [2.05, 4.69) is 40.7 Å². The molecule has 3 rings (SSSR count). The van der Waals surface area contributed by atoms with E-state index in [1.807, 2.05) is 31.2 Å². The molecule has 0 saturated carbocycles. The van der Waals surface area contributed by atoms with Gasteiger partial charge in [-0.2, -0.15) is 5.10 Å². The average molecular weight is 369 g/mol. The van der Waals surface area contributed by atoms with E-state index < -0.39 is 0 Å². The lowest BCUT2D eigenvalue weighted by atomic mass is 9.92. The van der Waals surface area contributed by atoms with Crippen LogP contribution in [-0.2, 0) is 0 Å². The largest absolute Gasteiger partial charge is 0.344 e. The molecule has 0 aromatic carbocycles. The van der Waals surface area contributed by atoms with Crippen LogP contribution in [0, 0.1) is 12.8 Å². The quantitative estimate of drug-likeness (QED) is 0.666. The van der Waals surface area contributed by atoms with Crippen molar-refractivity contribution >= 4 is 17.2 Å². The molecule has 3 aromatic rings. The van der Waals surface area contributed by atoms with E-state index in [0.29, 0.717) is 17.3 Å². The second kappa shape index (κ2) is 8.27. The molecule has 0 spiro atoms. The van der Waals surface area contributed by atoms with Crippen molar-refractivity contribution in [3.63, 3.8) is 0 Å². The maximum absolute atomic E-state index is 13.0. The smallest absolute Gasteiger partial charge is 0.255 e. The van der Waals surface area contributed by atoms with Gasteiger partial charge in [-0.3, -0.25) is 4.79 Å². The van der Waals surface area contributed by atoms with E-state index in [-0.39, 0.29) is 11.9 Å². The fourth-order valence-corrected chi connectivity index (χ4v) is 4.08. The van der Waals surface area contributed by atoms with E-state index in [4.69, 9.17) is 0 Å². The van der Waals surface area contributed by atoms with Crippen molar-refractivity contribution in [3.05, 3.63) is 64.2 Å². The first kappa shape index (κ1) is 18.3. The summed E-state index contributed by atoms with van der Waals surface area (Å²) in [6, 6.07) is 9.79. The van der Waals surface area contributed by atoms with E-state index >= 15 is 0 Å². The van der Waals surface area contributed by atoms with Gasteiger partial charge in [0.25, 0.3) is 5.91 Å². The maximum atomic E-state index is 13.0. The van der Waals surface area contributed by atoms with Crippen LogP contribution in [0.15, 0.2) is 48.1 Å². The van der Waals surface area contributed by atoms with Crippen LogP contribution >= 0.6 is 11.3 Å². The number of aromatic nitrogens is 3. The van der Waals surface area contributed by atoms with Crippen molar-refractivity contribution in [1.29, 1.82) is 0 Å². The molecule has 1 N–H and O–H groups in total. The molecule has 26 heavy (non-hydrogen) atoms. The van der Waals surface area contributed by atoms with Crippen LogP contribution in [0.25, 0.3) is 5.82 Å². The van der Waals surface area contributed by atoms with Crippen molar-refractivity contribution < 1.29 is 4.79 Å². The van der Waals surface area contributed by atoms with Crippen LogP contribution in [0.2, 0.25) is 0 Å². The summed E-state index contributed by atoms with van der Waals surface area (Å²) in [5, 5.41) is 9.66. The highest BCUT2D eigenvalue weighted by Gasteiger charge is 2.25. The highest BCUT2D eigenvalue weighted by atomic mass is 32.1. The van der Waals surface area contributed by atoms with Gasteiger partial charge in [-0.05, 0) is 36.4 Å². The Morgan fingerprint density at radius 3 is 2.65 bits per heavy atom. The Morgan fingerprint density at radius 1 is 1.23 bits per heavy atom. The summed E-state index contributed by atoms with van der Waals surface area (Å²) in [6.07, 6.45) is 5.38. The van der Waals surface area contributed by atoms with Gasteiger partial charge in [0.15, 0.2) is 5.82 Å². The second-order valence-electron chi connectivity index (χ2n) is 6.29. The van der Waals surface area contributed by atoms with Crippen LogP contribution in [0.3, 0.4) is 0 Å². The number of carbonyl (C=O) groups is 1. The molecule has 5 nitrogen and oxygen atoms in total. The topological polar surface area (TPSA) is 59.8 Å². The number of hydrogen-bond donors (Lipinski definition) is 1. The summed E-state index contributed by atoms with van der Waals surface area (Å²) in [7, 11) is 0. The van der Waals surface area contributed by atoms with Gasteiger partial charge < -0.3 is 5.32 Å². The Balaban J connectivity index is 1.86. The molecule has 0 bridgehead atoms. The monoisotopic (exact) mass is 368 g/mol. The molecule has 3 aromatic heterocycles. The highest BCUT2D eigenvalue weighted by Crippen LogP contribution is 2.31. The standard InChI is InChI=1S/C20H24N4OS/c1-4-15(5-2)19(17-9-8-12-26-17)23-20(25)16-13-22-24(14(16)3)18-10-6-7-11-21-18/h6-13,15,19H,4-5H2,1-3H3,(H,23,25)/t19-/m1/s1. The lowest BCUT2D eigenvalue weighted by molar-refractivity contribution is 0.0920. The zero-order valence-electron chi connectivity index (χ0n) is 15.3. The van der Waals surface area contributed by atoms with E-state index in [0.717, 1.165) is 18.5 Å². The summed E-state index contributed by atoms with van der Waals surface area (Å²) in [5.74, 6) is 1.03. The molecular formula is C20H24N4OS. The van der Waals surface area contributed by atoms with Gasteiger partial charge in [0.05, 0.1) is 23.5 Å². The minimum absolute atomic E-state index is 0.0232. The third-order valence-electron chi connectivity index (χ3n) is 4.78. The first-order valence-corrected chi connectivity index (χ1v) is 9.83. The third-order valence-corrected chi connectivity index (χ3v) is 5.73. The van der Waals surface area contributed by atoms with Gasteiger partial charge in [0.1, 0.15) is 0 Å². The first-order chi connectivity index (χ1) is 12.7. The number of nitrogens with zero attached hydrogens (tertiary/aromatic N) is 3. The van der Waals surface area contributed by atoms with Crippen molar-refractivity contribution in [2.24, 2.45) is 5.92 Å². The zero-order valence-corrected chi connectivity index (χ0v) is 16.2. The van der Waals surface area contributed by atoms with Crippen LogP contribution < -0.4 is 5.32 Å². The number of rotatable bonds is 7. The Morgan fingerprint density at radius 2 is 2.04 bits per heavy atom. The molecule has 136 valence electrons. The fourth-order valence-electron chi connectivity index (χ4n) is 3.21. The lowest BCUT2D eigenvalue weighted by Gasteiger charge is -2.25. The molecule has 0 saturated heterocycles. The molecule has 1 atom stereocenters. The molecule has 0 aliphatic heterocycles. The van der Waals surface area contributed by atoms with Crippen LogP contribution in [-0.4, -0.2) is 20.7 Å². The van der Waals surface area contributed by atoms with Crippen LogP contribution in [0.4, 0.5) is 0 Å². The molecule has 1 amide bonds. The first-order valence-electron chi connectivity index (χ1n) is 8.96. The molecule has 0 unspecified atom stereocenters. The summed E-state index contributed by atoms with van der Waals surface area (Å²) in [5.41, 5.74) is 1.37. The minimum atomic E-state index is -0.0880. The Hall–Kier alpha value is -2.47. The Labute approximate surface area is 158 Å². The van der Waals surface area contributed by atoms with E-state index in [1.165, 1.54) is 4.88 Å². The molecule has 0 radical (unpaired) electrons. The predicted octanol–water partition coefficient (Wildman–Crippen LogP) is 4.54. The molecule has 0 aliphatic carbocycles. The second-order valence-corrected chi connectivity index (χ2v) is 7.27. The van der Waals surface area contributed by atoms with Crippen LogP contribution in [0.5, 0.6) is 0 Å². The van der Waals surface area contributed by atoms with E-state index in [1.54, 1.807) is 28.4 Å². The van der Waals surface area contributed by atoms with Gasteiger partial charge in [-0.15, -0.1) is 11.3 Å². The SMILES string of the molecule is CCC(CC)[C@@H](NC(=O)c1cnn(-c2ccccn2)c1C)c1cccs1. The van der Waals surface area contributed by atoms with E-state index in [9.17, 15) is 4.79 Å². The lowest BCUT2D eigenvalue weighted by Crippen LogP contribution is -2.33. The van der Waals surface area contributed by atoms with Gasteiger partial charge >= 0.3 is 0 Å². The number of hydrogen-bond acceptors (Lipinski definition) is 4. The van der Waals surface area contributed by atoms with Crippen molar-refractivity contribution in [3.8, 4) is 5.82 Å². The molecule has 0 fully saturated rings. The summed E-state index contributed by atoms with van der Waals surface area (Å²) < 4.78 is 1.70. The average Bonchev–Trinajstić information content (AvgIpc) is 3.32. The summed E-state index contributed by atoms with van der Waals surface area (Å²) in [4.78, 5) is 18.5. The molecule has 6 heteroatoms. The van der Waals surface area contributed by atoms with Crippen molar-refractivity contribution in [2.45, 2.75) is 39.7 Å². The number of amides is 1. The highest BCUT2D eigenvalue weighted by molar-refractivity contribution is 7.10. The van der Waals surface area contributed by atoms with Gasteiger partial charge in [0.2, 0.25) is 0 Å². The Kier molecular flexibility index (Phi) is 5.83. The minimum Gasteiger partial charge on any atom is -0.344 e. The third kappa shape index (κ3) is 3.70. The van der Waals surface area contributed by atoms with Crippen molar-refractivity contribution in [2.75, 3.05) is 0 Å². The predicted molar refractivity (Wildman–Crippen MR) is 105 cm³/mol. The molecular weight excluding hydrogens is 344 g/mol. The Bertz CT molecular complexity index is 838. The number of carbonyl (C=O) groups excluding carboxylic acids is 1. The number of nitrogens with one attached hydrogen (secondary N) is 1. The van der Waals surface area contributed by atoms with Gasteiger partial charge in [-0.1, -0.05) is 38.8 Å². The van der Waals surface area contributed by atoms with Crippen LogP contribution in [0.1, 0.15) is 53.7 Å². The maximum Gasteiger partial charge on any atom is 0.255 e. The fraction of sp³-hybridized carbons (Fsp3) is 0.350. The molecule has 0 aliphatic rings. The molecule has 3 heterocycles. The zero-order chi connectivity index (χ0) is 18.5. The van der Waals surface area contributed by atoms with Gasteiger partial charge in [0, 0.05) is 11.1 Å². The number of thiophene rings is 1. The summed E-state index contributed by atoms with van der Waals surface area (Å²) in [6.45, 7) is 6.24. The number of pyridine rings is 1. The normalized spacial score (nSPS) is 12.3.